The Hall–Kier alpha value is -2.42. The number of nitrogens with one attached hydrogen (secondary N) is 1. The normalized spacial score (nSPS) is 21.9. The molecule has 0 radical (unpaired) electrons. The van der Waals surface area contributed by atoms with Gasteiger partial charge in [-0.15, -0.1) is 0 Å². The molecule has 5 rings (SSSR count). The Kier molecular flexibility index (Phi) is 5.45. The zero-order valence-corrected chi connectivity index (χ0v) is 18.5. The van der Waals surface area contributed by atoms with Gasteiger partial charge in [-0.05, 0) is 68.1 Å². The van der Waals surface area contributed by atoms with Crippen LogP contribution in [0.5, 0.6) is 0 Å². The molecule has 164 valence electrons. The van der Waals surface area contributed by atoms with Crippen molar-refractivity contribution in [3.63, 3.8) is 0 Å². The number of hydrogen-bond donors (Lipinski definition) is 1. The number of ether oxygens (including phenoxy) is 1. The topological polar surface area (TPSA) is 76.5 Å². The molecular formula is C23H28N4O3S. The second-order valence-corrected chi connectivity index (χ2v) is 10.2. The van der Waals surface area contributed by atoms with E-state index in [1.165, 1.54) is 3.97 Å². The van der Waals surface area contributed by atoms with Crippen molar-refractivity contribution in [1.29, 1.82) is 0 Å². The second-order valence-electron chi connectivity index (χ2n) is 8.41. The van der Waals surface area contributed by atoms with Crippen LogP contribution in [0, 0.1) is 0 Å². The van der Waals surface area contributed by atoms with Crippen LogP contribution in [0.2, 0.25) is 0 Å². The monoisotopic (exact) mass is 440 g/mol. The number of benzene rings is 1. The fourth-order valence-corrected chi connectivity index (χ4v) is 6.17. The number of anilines is 1. The summed E-state index contributed by atoms with van der Waals surface area (Å²) in [6.07, 6.45) is 7.66. The van der Waals surface area contributed by atoms with E-state index in [-0.39, 0.29) is 11.0 Å². The number of rotatable bonds is 6. The summed E-state index contributed by atoms with van der Waals surface area (Å²) in [4.78, 5) is 6.98. The van der Waals surface area contributed by atoms with Crippen LogP contribution >= 0.6 is 0 Å². The lowest BCUT2D eigenvalue weighted by Gasteiger charge is -2.19. The summed E-state index contributed by atoms with van der Waals surface area (Å²) >= 11 is 0. The van der Waals surface area contributed by atoms with E-state index in [9.17, 15) is 8.42 Å². The lowest BCUT2D eigenvalue weighted by molar-refractivity contribution is 0.121. The number of hydrogen-bond acceptors (Lipinski definition) is 6. The van der Waals surface area contributed by atoms with Crippen LogP contribution in [0.25, 0.3) is 11.0 Å². The van der Waals surface area contributed by atoms with Crippen molar-refractivity contribution < 1.29 is 13.2 Å². The van der Waals surface area contributed by atoms with Gasteiger partial charge in [0.1, 0.15) is 0 Å². The van der Waals surface area contributed by atoms with Gasteiger partial charge in [0, 0.05) is 44.3 Å². The number of fused-ring (bicyclic) bond motifs is 1. The van der Waals surface area contributed by atoms with E-state index in [4.69, 9.17) is 4.74 Å². The van der Waals surface area contributed by atoms with Gasteiger partial charge in [0.25, 0.3) is 10.0 Å². The third-order valence-electron chi connectivity index (χ3n) is 6.45. The third kappa shape index (κ3) is 3.84. The summed E-state index contributed by atoms with van der Waals surface area (Å²) < 4.78 is 34.2. The predicted molar refractivity (Wildman–Crippen MR) is 121 cm³/mol. The van der Waals surface area contributed by atoms with Gasteiger partial charge in [-0.3, -0.25) is 4.98 Å². The number of nitrogens with zero attached hydrogens (tertiary/aromatic N) is 3. The fourth-order valence-electron chi connectivity index (χ4n) is 4.75. The smallest absolute Gasteiger partial charge is 0.268 e. The molecule has 0 unspecified atom stereocenters. The van der Waals surface area contributed by atoms with Crippen LogP contribution in [0.4, 0.5) is 5.69 Å². The first-order valence-corrected chi connectivity index (χ1v) is 12.3. The van der Waals surface area contributed by atoms with Crippen LogP contribution in [-0.4, -0.2) is 56.3 Å². The zero-order valence-electron chi connectivity index (χ0n) is 17.7. The van der Waals surface area contributed by atoms with Crippen molar-refractivity contribution >= 4 is 26.7 Å². The lowest BCUT2D eigenvalue weighted by Crippen LogP contribution is -2.23. The molecule has 2 fully saturated rings. The average molecular weight is 441 g/mol. The number of methoxy groups -OCH3 is 1. The van der Waals surface area contributed by atoms with Crippen molar-refractivity contribution in [2.75, 3.05) is 31.6 Å². The molecule has 0 aliphatic carbocycles. The summed E-state index contributed by atoms with van der Waals surface area (Å²) in [7, 11) is -2.03. The van der Waals surface area contributed by atoms with E-state index in [1.54, 1.807) is 37.7 Å². The maximum Gasteiger partial charge on any atom is 0.268 e. The zero-order chi connectivity index (χ0) is 21.4. The average Bonchev–Trinajstić information content (AvgIpc) is 3.55. The maximum atomic E-state index is 13.7. The molecule has 31 heavy (non-hydrogen) atoms. The van der Waals surface area contributed by atoms with Gasteiger partial charge in [-0.25, -0.2) is 12.4 Å². The van der Waals surface area contributed by atoms with Crippen molar-refractivity contribution in [1.82, 2.24) is 14.3 Å². The predicted octanol–water partition coefficient (Wildman–Crippen LogP) is 2.79. The van der Waals surface area contributed by atoms with E-state index >= 15 is 0 Å². The van der Waals surface area contributed by atoms with Crippen LogP contribution in [0.15, 0.2) is 53.7 Å². The molecule has 0 bridgehead atoms. The summed E-state index contributed by atoms with van der Waals surface area (Å²) in [5.74, 6) is 0. The summed E-state index contributed by atoms with van der Waals surface area (Å²) in [5.41, 5.74) is 3.27. The Bertz CT molecular complexity index is 1180. The first-order chi connectivity index (χ1) is 15.1. The molecule has 0 spiro atoms. The Balaban J connectivity index is 1.52. The van der Waals surface area contributed by atoms with Gasteiger partial charge < -0.3 is 15.0 Å². The SMILES string of the molecule is CO[C@@H]1CCN(c2cccc(S(=O)(=O)n3cc(C[C@@H]4CCCN4)c4ncccc43)c2)C1. The molecule has 2 atom stereocenters. The molecule has 4 heterocycles. The number of aromatic nitrogens is 2. The number of pyridine rings is 1. The minimum Gasteiger partial charge on any atom is -0.380 e. The highest BCUT2D eigenvalue weighted by atomic mass is 32.2. The molecule has 0 saturated carbocycles. The van der Waals surface area contributed by atoms with Crippen molar-refractivity contribution in [3.8, 4) is 0 Å². The van der Waals surface area contributed by atoms with E-state index in [0.29, 0.717) is 11.6 Å². The molecule has 3 aromatic rings. The van der Waals surface area contributed by atoms with Gasteiger partial charge in [0.2, 0.25) is 0 Å². The first kappa shape index (κ1) is 20.5. The summed E-state index contributed by atoms with van der Waals surface area (Å²) in [5, 5.41) is 3.49. The van der Waals surface area contributed by atoms with Crippen LogP contribution in [-0.2, 0) is 21.2 Å². The Morgan fingerprint density at radius 1 is 1.23 bits per heavy atom. The lowest BCUT2D eigenvalue weighted by atomic mass is 10.1. The second kappa shape index (κ2) is 8.26. The Labute approximate surface area is 183 Å². The van der Waals surface area contributed by atoms with Crippen LogP contribution < -0.4 is 10.2 Å². The molecule has 1 N–H and O–H groups in total. The Morgan fingerprint density at radius 2 is 2.13 bits per heavy atom. The quantitative estimate of drug-likeness (QED) is 0.635. The highest BCUT2D eigenvalue weighted by Gasteiger charge is 2.26. The summed E-state index contributed by atoms with van der Waals surface area (Å²) in [6, 6.07) is 11.2. The minimum absolute atomic E-state index is 0.187. The van der Waals surface area contributed by atoms with Crippen molar-refractivity contribution in [3.05, 3.63) is 54.4 Å². The van der Waals surface area contributed by atoms with Gasteiger partial charge in [0.15, 0.2) is 0 Å². The largest absolute Gasteiger partial charge is 0.380 e. The highest BCUT2D eigenvalue weighted by Crippen LogP contribution is 2.29. The maximum absolute atomic E-state index is 13.7. The molecule has 2 aliphatic heterocycles. The van der Waals surface area contributed by atoms with Gasteiger partial charge in [-0.1, -0.05) is 6.07 Å². The van der Waals surface area contributed by atoms with Crippen LogP contribution in [0.3, 0.4) is 0 Å². The van der Waals surface area contributed by atoms with E-state index < -0.39 is 10.0 Å². The molecule has 2 saturated heterocycles. The van der Waals surface area contributed by atoms with E-state index in [0.717, 1.165) is 62.1 Å². The van der Waals surface area contributed by atoms with Gasteiger partial charge >= 0.3 is 0 Å². The Morgan fingerprint density at radius 3 is 2.90 bits per heavy atom. The standard InChI is InChI=1S/C23H28N4O3S/c1-30-20-9-12-26(16-20)19-6-2-7-21(14-19)31(28,29)27-15-17(13-18-5-3-10-24-18)23-22(27)8-4-11-25-23/h2,4,6-8,11,14-15,18,20,24H,3,5,9-10,12-13,16H2,1H3/t18-,20+/m0/s1. The molecular weight excluding hydrogens is 412 g/mol. The molecule has 0 amide bonds. The third-order valence-corrected chi connectivity index (χ3v) is 8.12. The van der Waals surface area contributed by atoms with E-state index in [2.05, 4.69) is 15.2 Å². The van der Waals surface area contributed by atoms with Crippen molar-refractivity contribution in [2.24, 2.45) is 0 Å². The highest BCUT2D eigenvalue weighted by molar-refractivity contribution is 7.90. The molecule has 2 aromatic heterocycles. The fraction of sp³-hybridized carbons (Fsp3) is 0.435. The summed E-state index contributed by atoms with van der Waals surface area (Å²) in [6.45, 7) is 2.65. The molecule has 7 nitrogen and oxygen atoms in total. The van der Waals surface area contributed by atoms with Crippen molar-refractivity contribution in [2.45, 2.75) is 42.7 Å². The van der Waals surface area contributed by atoms with E-state index in [1.807, 2.05) is 18.2 Å². The van der Waals surface area contributed by atoms with Gasteiger partial charge in [0.05, 0.1) is 22.0 Å². The van der Waals surface area contributed by atoms with Gasteiger partial charge in [-0.2, -0.15) is 0 Å². The molecule has 2 aliphatic rings. The minimum atomic E-state index is -3.75. The first-order valence-electron chi connectivity index (χ1n) is 10.9. The van der Waals surface area contributed by atoms with Crippen LogP contribution in [0.1, 0.15) is 24.8 Å². The molecule has 1 aromatic carbocycles. The molecule has 8 heteroatoms.